The monoisotopic (exact) mass is 256 g/mol. The molecule has 0 aromatic carbocycles. The van der Waals surface area contributed by atoms with Crippen LogP contribution in [0.3, 0.4) is 0 Å². The van der Waals surface area contributed by atoms with Gasteiger partial charge in [-0.2, -0.15) is 12.6 Å². The maximum absolute atomic E-state index is 12.0. The summed E-state index contributed by atoms with van der Waals surface area (Å²) in [5.74, 6) is 1.09. The molecule has 1 heterocycles. The number of amides is 1. The van der Waals surface area contributed by atoms with Gasteiger partial charge in [0.25, 0.3) is 0 Å². The summed E-state index contributed by atoms with van der Waals surface area (Å²) in [7, 11) is 0. The van der Waals surface area contributed by atoms with E-state index in [0.29, 0.717) is 12.5 Å². The molecule has 0 aromatic rings. The fourth-order valence-corrected chi connectivity index (χ4v) is 3.08. The fraction of sp³-hybridized carbons (Fsp3) is 0.923. The molecule has 2 fully saturated rings. The Labute approximate surface area is 110 Å². The van der Waals surface area contributed by atoms with E-state index in [1.807, 2.05) is 0 Å². The third-order valence-corrected chi connectivity index (χ3v) is 4.82. The van der Waals surface area contributed by atoms with Crippen molar-refractivity contribution < 1.29 is 4.79 Å². The summed E-state index contributed by atoms with van der Waals surface area (Å²) in [6.07, 6.45) is 5.37. The van der Waals surface area contributed by atoms with Crippen LogP contribution in [0.5, 0.6) is 0 Å². The molecule has 2 aliphatic rings. The summed E-state index contributed by atoms with van der Waals surface area (Å²) < 4.78 is 0. The highest BCUT2D eigenvalue weighted by atomic mass is 32.1. The molecule has 4 heteroatoms. The second-order valence-corrected chi connectivity index (χ2v) is 5.95. The lowest BCUT2D eigenvalue weighted by atomic mass is 10.0. The normalized spacial score (nSPS) is 27.8. The van der Waals surface area contributed by atoms with Crippen LogP contribution < -0.4 is 5.32 Å². The van der Waals surface area contributed by atoms with E-state index in [2.05, 4.69) is 29.8 Å². The lowest BCUT2D eigenvalue weighted by Crippen LogP contribution is -2.47. The summed E-state index contributed by atoms with van der Waals surface area (Å²) >= 11 is 4.35. The number of thiol groups is 1. The minimum Gasteiger partial charge on any atom is -0.352 e. The van der Waals surface area contributed by atoms with Crippen molar-refractivity contribution in [1.29, 1.82) is 0 Å². The van der Waals surface area contributed by atoms with Gasteiger partial charge in [0.2, 0.25) is 5.91 Å². The Morgan fingerprint density at radius 1 is 1.53 bits per heavy atom. The van der Waals surface area contributed by atoms with Crippen molar-refractivity contribution in [1.82, 2.24) is 10.2 Å². The lowest BCUT2D eigenvalue weighted by Gasteiger charge is -2.32. The Morgan fingerprint density at radius 2 is 2.29 bits per heavy atom. The number of hydrogen-bond acceptors (Lipinski definition) is 3. The Kier molecular flexibility index (Phi) is 4.36. The number of piperidine rings is 1. The quantitative estimate of drug-likeness (QED) is 0.734. The van der Waals surface area contributed by atoms with Gasteiger partial charge in [-0.05, 0) is 49.9 Å². The van der Waals surface area contributed by atoms with Crippen LogP contribution in [0.2, 0.25) is 0 Å². The molecule has 1 aliphatic carbocycles. The van der Waals surface area contributed by atoms with Crippen molar-refractivity contribution in [2.75, 3.05) is 25.4 Å². The highest BCUT2D eigenvalue weighted by Crippen LogP contribution is 2.49. The van der Waals surface area contributed by atoms with Gasteiger partial charge in [0.1, 0.15) is 0 Å². The second-order valence-electron chi connectivity index (χ2n) is 5.63. The number of nitrogens with one attached hydrogen (secondary N) is 1. The van der Waals surface area contributed by atoms with Crippen LogP contribution >= 0.6 is 12.6 Å². The van der Waals surface area contributed by atoms with E-state index in [1.165, 1.54) is 25.8 Å². The smallest absolute Gasteiger partial charge is 0.220 e. The zero-order valence-electron chi connectivity index (χ0n) is 10.7. The van der Waals surface area contributed by atoms with E-state index in [1.54, 1.807) is 0 Å². The Hall–Kier alpha value is -0.220. The van der Waals surface area contributed by atoms with Crippen LogP contribution in [0.15, 0.2) is 0 Å². The molecule has 1 saturated carbocycles. The molecule has 1 atom stereocenters. The van der Waals surface area contributed by atoms with Crippen LogP contribution in [0, 0.1) is 5.41 Å². The van der Waals surface area contributed by atoms with Crippen LogP contribution in [0.25, 0.3) is 0 Å². The first-order chi connectivity index (χ1) is 8.17. The minimum absolute atomic E-state index is 0.236. The van der Waals surface area contributed by atoms with Crippen LogP contribution in [0.1, 0.15) is 39.0 Å². The molecule has 98 valence electrons. The molecular formula is C13H24N2OS. The SMILES string of the molecule is CCN1CCCC(NC(=O)CC2(CS)CC2)C1. The fourth-order valence-electron chi connectivity index (χ4n) is 2.65. The number of carbonyl (C=O) groups excluding carboxylic acids is 1. The van der Waals surface area contributed by atoms with Gasteiger partial charge in [-0.1, -0.05) is 6.92 Å². The first-order valence-corrected chi connectivity index (χ1v) is 7.43. The molecule has 0 aromatic heterocycles. The van der Waals surface area contributed by atoms with Crippen molar-refractivity contribution in [3.8, 4) is 0 Å². The Balaban J connectivity index is 1.74. The standard InChI is InChI=1S/C13H24N2OS/c1-2-15-7-3-4-11(9-15)14-12(16)8-13(10-17)5-6-13/h11,17H,2-10H2,1H3,(H,14,16). The van der Waals surface area contributed by atoms with Gasteiger partial charge in [-0.15, -0.1) is 0 Å². The van der Waals surface area contributed by atoms with Gasteiger partial charge in [0.05, 0.1) is 0 Å². The third kappa shape index (κ3) is 3.62. The van der Waals surface area contributed by atoms with Gasteiger partial charge >= 0.3 is 0 Å². The zero-order chi connectivity index (χ0) is 12.3. The van der Waals surface area contributed by atoms with Crippen molar-refractivity contribution in [3.63, 3.8) is 0 Å². The van der Waals surface area contributed by atoms with E-state index in [-0.39, 0.29) is 11.3 Å². The summed E-state index contributed by atoms with van der Waals surface area (Å²) in [5.41, 5.74) is 0.242. The first-order valence-electron chi connectivity index (χ1n) is 6.80. The van der Waals surface area contributed by atoms with E-state index >= 15 is 0 Å². The van der Waals surface area contributed by atoms with Crippen molar-refractivity contribution in [2.24, 2.45) is 5.41 Å². The average molecular weight is 256 g/mol. The minimum atomic E-state index is 0.236. The number of carbonyl (C=O) groups is 1. The number of likely N-dealkylation sites (tertiary alicyclic amines) is 1. The van der Waals surface area contributed by atoms with Crippen molar-refractivity contribution >= 4 is 18.5 Å². The molecule has 1 amide bonds. The lowest BCUT2D eigenvalue weighted by molar-refractivity contribution is -0.123. The highest BCUT2D eigenvalue weighted by Gasteiger charge is 2.43. The summed E-state index contributed by atoms with van der Waals surface area (Å²) in [6.45, 7) is 5.48. The number of likely N-dealkylation sites (N-methyl/N-ethyl adjacent to an activating group) is 1. The molecule has 1 aliphatic heterocycles. The molecule has 2 rings (SSSR count). The van der Waals surface area contributed by atoms with Crippen LogP contribution in [0.4, 0.5) is 0 Å². The van der Waals surface area contributed by atoms with Gasteiger partial charge in [-0.3, -0.25) is 4.79 Å². The predicted molar refractivity (Wildman–Crippen MR) is 73.4 cm³/mol. The van der Waals surface area contributed by atoms with Gasteiger partial charge in [0, 0.05) is 19.0 Å². The summed E-state index contributed by atoms with van der Waals surface area (Å²) in [4.78, 5) is 14.4. The van der Waals surface area contributed by atoms with Gasteiger partial charge in [-0.25, -0.2) is 0 Å². The molecule has 1 saturated heterocycles. The summed E-state index contributed by atoms with van der Waals surface area (Å²) in [6, 6.07) is 0.368. The van der Waals surface area contributed by atoms with E-state index in [0.717, 1.165) is 25.3 Å². The van der Waals surface area contributed by atoms with E-state index in [4.69, 9.17) is 0 Å². The maximum atomic E-state index is 12.0. The molecule has 0 radical (unpaired) electrons. The highest BCUT2D eigenvalue weighted by molar-refractivity contribution is 7.80. The zero-order valence-corrected chi connectivity index (χ0v) is 11.6. The van der Waals surface area contributed by atoms with Crippen molar-refractivity contribution in [3.05, 3.63) is 0 Å². The number of hydrogen-bond donors (Lipinski definition) is 2. The van der Waals surface area contributed by atoms with Gasteiger partial charge in [0.15, 0.2) is 0 Å². The van der Waals surface area contributed by atoms with Crippen LogP contribution in [-0.2, 0) is 4.79 Å². The number of rotatable bonds is 5. The maximum Gasteiger partial charge on any atom is 0.220 e. The topological polar surface area (TPSA) is 32.3 Å². The molecule has 3 nitrogen and oxygen atoms in total. The Morgan fingerprint density at radius 3 is 2.88 bits per heavy atom. The molecule has 0 spiro atoms. The van der Waals surface area contributed by atoms with Crippen LogP contribution in [-0.4, -0.2) is 42.2 Å². The average Bonchev–Trinajstić information content (AvgIpc) is 3.09. The second kappa shape index (κ2) is 5.61. The largest absolute Gasteiger partial charge is 0.352 e. The molecule has 0 bridgehead atoms. The first kappa shape index (κ1) is 13.2. The van der Waals surface area contributed by atoms with E-state index < -0.39 is 0 Å². The molecule has 17 heavy (non-hydrogen) atoms. The third-order valence-electron chi connectivity index (χ3n) is 4.15. The van der Waals surface area contributed by atoms with Gasteiger partial charge < -0.3 is 10.2 Å². The van der Waals surface area contributed by atoms with Crippen molar-refractivity contribution in [2.45, 2.75) is 45.1 Å². The molecule has 1 N–H and O–H groups in total. The molecular weight excluding hydrogens is 232 g/mol. The molecule has 1 unspecified atom stereocenters. The van der Waals surface area contributed by atoms with E-state index in [9.17, 15) is 4.79 Å². The Bertz CT molecular complexity index is 279. The summed E-state index contributed by atoms with van der Waals surface area (Å²) in [5, 5.41) is 3.20. The number of nitrogens with zero attached hydrogens (tertiary/aromatic N) is 1. The predicted octanol–water partition coefficient (Wildman–Crippen LogP) is 1.69.